The highest BCUT2D eigenvalue weighted by Crippen LogP contribution is 2.28. The summed E-state index contributed by atoms with van der Waals surface area (Å²) in [6.07, 6.45) is 5.07. The summed E-state index contributed by atoms with van der Waals surface area (Å²) in [5.74, 6) is 0.202. The van der Waals surface area contributed by atoms with Gasteiger partial charge in [-0.1, -0.05) is 18.2 Å². The van der Waals surface area contributed by atoms with E-state index < -0.39 is 5.97 Å². The number of aliphatic carboxylic acids is 1. The molecule has 0 amide bonds. The third kappa shape index (κ3) is 4.23. The molecule has 0 spiro atoms. The van der Waals surface area contributed by atoms with Gasteiger partial charge < -0.3 is 19.1 Å². The number of carboxylic acid groups (broad SMARTS) is 1. The van der Waals surface area contributed by atoms with Crippen LogP contribution in [0.2, 0.25) is 0 Å². The highest BCUT2D eigenvalue weighted by molar-refractivity contribution is 5.71. The van der Waals surface area contributed by atoms with Gasteiger partial charge in [0, 0.05) is 12.3 Å². The summed E-state index contributed by atoms with van der Waals surface area (Å²) >= 11 is 0. The highest BCUT2D eigenvalue weighted by Gasteiger charge is 2.03. The van der Waals surface area contributed by atoms with Crippen molar-refractivity contribution >= 4 is 18.1 Å². The van der Waals surface area contributed by atoms with Gasteiger partial charge in [-0.05, 0) is 29.3 Å². The zero-order valence-corrected chi connectivity index (χ0v) is 12.9. The highest BCUT2D eigenvalue weighted by atomic mass is 16.5. The molecule has 0 unspecified atom stereocenters. The minimum Gasteiger partial charge on any atom is -0.493 e. The first-order valence-electron chi connectivity index (χ1n) is 6.86. The van der Waals surface area contributed by atoms with Crippen molar-refractivity contribution in [2.45, 2.75) is 6.54 Å². The summed E-state index contributed by atoms with van der Waals surface area (Å²) in [5.41, 5.74) is 1.21. The summed E-state index contributed by atoms with van der Waals surface area (Å²) in [6, 6.07) is 8.55. The van der Waals surface area contributed by atoms with Crippen molar-refractivity contribution in [1.29, 1.82) is 0 Å². The largest absolute Gasteiger partial charge is 0.493 e. The smallest absolute Gasteiger partial charge is 0.323 e. The Bertz CT molecular complexity index is 792. The van der Waals surface area contributed by atoms with E-state index >= 15 is 0 Å². The monoisotopic (exact) mass is 315 g/mol. The van der Waals surface area contributed by atoms with Crippen LogP contribution in [0.4, 0.5) is 0 Å². The molecule has 2 rings (SSSR count). The molecular formula is C17H17NO5. The van der Waals surface area contributed by atoms with Gasteiger partial charge in [-0.2, -0.15) is 0 Å². The number of hydrogen-bond acceptors (Lipinski definition) is 4. The van der Waals surface area contributed by atoms with Crippen molar-refractivity contribution in [2.75, 3.05) is 14.2 Å². The number of nitrogens with zero attached hydrogens (tertiary/aromatic N) is 1. The van der Waals surface area contributed by atoms with E-state index in [9.17, 15) is 9.59 Å². The van der Waals surface area contributed by atoms with Gasteiger partial charge in [-0.15, -0.1) is 0 Å². The lowest BCUT2D eigenvalue weighted by molar-refractivity contribution is -0.137. The molecule has 120 valence electrons. The van der Waals surface area contributed by atoms with Crippen molar-refractivity contribution in [3.8, 4) is 11.5 Å². The molecule has 0 aliphatic rings. The Morgan fingerprint density at radius 3 is 2.30 bits per heavy atom. The zero-order chi connectivity index (χ0) is 16.8. The molecule has 6 heteroatoms. The fraction of sp³-hybridized carbons (Fsp3) is 0.176. The third-order valence-electron chi connectivity index (χ3n) is 3.20. The Morgan fingerprint density at radius 1 is 1.09 bits per heavy atom. The van der Waals surface area contributed by atoms with Gasteiger partial charge in [0.25, 0.3) is 5.56 Å². The number of pyridine rings is 1. The second kappa shape index (κ2) is 7.31. The van der Waals surface area contributed by atoms with E-state index in [0.717, 1.165) is 10.1 Å². The fourth-order valence-electron chi connectivity index (χ4n) is 2.05. The molecule has 0 saturated carbocycles. The first-order valence-corrected chi connectivity index (χ1v) is 6.86. The quantitative estimate of drug-likeness (QED) is 0.883. The van der Waals surface area contributed by atoms with Crippen molar-refractivity contribution in [3.63, 3.8) is 0 Å². The second-order valence-electron chi connectivity index (χ2n) is 4.77. The van der Waals surface area contributed by atoms with Crippen LogP contribution in [0.3, 0.4) is 0 Å². The Labute approximate surface area is 133 Å². The number of benzene rings is 1. The van der Waals surface area contributed by atoms with Gasteiger partial charge in [-0.25, -0.2) is 0 Å². The lowest BCUT2D eigenvalue weighted by atomic mass is 10.1. The molecule has 1 heterocycles. The van der Waals surface area contributed by atoms with Crippen LogP contribution in [0.15, 0.2) is 41.3 Å². The molecule has 0 aliphatic heterocycles. The van der Waals surface area contributed by atoms with Crippen LogP contribution >= 0.6 is 0 Å². The molecular weight excluding hydrogens is 298 g/mol. The van der Waals surface area contributed by atoms with Crippen molar-refractivity contribution in [1.82, 2.24) is 4.57 Å². The molecule has 1 N–H and O–H groups in total. The molecule has 0 radical (unpaired) electrons. The molecule has 0 aliphatic carbocycles. The lowest BCUT2D eigenvalue weighted by Crippen LogP contribution is -2.22. The maximum Gasteiger partial charge on any atom is 0.323 e. The van der Waals surface area contributed by atoms with Gasteiger partial charge in [0.1, 0.15) is 6.54 Å². The van der Waals surface area contributed by atoms with Crippen molar-refractivity contribution < 1.29 is 19.4 Å². The fourth-order valence-corrected chi connectivity index (χ4v) is 2.05. The van der Waals surface area contributed by atoms with Crippen LogP contribution in [0.5, 0.6) is 11.5 Å². The van der Waals surface area contributed by atoms with E-state index in [1.54, 1.807) is 32.4 Å². The first-order chi connectivity index (χ1) is 11.0. The minimum absolute atomic E-state index is 0.349. The van der Waals surface area contributed by atoms with Crippen LogP contribution in [-0.2, 0) is 11.3 Å². The average Bonchev–Trinajstić information content (AvgIpc) is 2.54. The van der Waals surface area contributed by atoms with Gasteiger partial charge >= 0.3 is 5.97 Å². The van der Waals surface area contributed by atoms with Gasteiger partial charge in [0.2, 0.25) is 0 Å². The molecule has 1 aromatic carbocycles. The van der Waals surface area contributed by atoms with E-state index in [4.69, 9.17) is 14.6 Å². The predicted molar refractivity (Wildman–Crippen MR) is 86.8 cm³/mol. The van der Waals surface area contributed by atoms with Crippen LogP contribution < -0.4 is 15.0 Å². The summed E-state index contributed by atoms with van der Waals surface area (Å²) in [7, 11) is 3.13. The standard InChI is InChI=1S/C17H17NO5/c1-22-14-6-5-12(9-15(14)23-2)3-4-13-7-8-18(11-17(20)21)16(19)10-13/h3-10H,11H2,1-2H3,(H,20,21)/b4-3+. The number of ether oxygens (including phenoxy) is 2. The molecule has 0 bridgehead atoms. The number of carboxylic acids is 1. The summed E-state index contributed by atoms with van der Waals surface area (Å²) in [5, 5.41) is 8.71. The normalized spacial score (nSPS) is 10.7. The first kappa shape index (κ1) is 16.4. The number of methoxy groups -OCH3 is 2. The molecule has 6 nitrogen and oxygen atoms in total. The predicted octanol–water partition coefficient (Wildman–Crippen LogP) is 2.12. The maximum absolute atomic E-state index is 11.8. The SMILES string of the molecule is COc1ccc(/C=C/c2ccn(CC(=O)O)c(=O)c2)cc1OC. The second-order valence-corrected chi connectivity index (χ2v) is 4.77. The van der Waals surface area contributed by atoms with Crippen LogP contribution in [0.25, 0.3) is 12.2 Å². The van der Waals surface area contributed by atoms with Gasteiger partial charge in [-0.3, -0.25) is 9.59 Å². The molecule has 0 atom stereocenters. The summed E-state index contributed by atoms with van der Waals surface area (Å²) < 4.78 is 11.5. The van der Waals surface area contributed by atoms with E-state index in [1.807, 2.05) is 18.2 Å². The Morgan fingerprint density at radius 2 is 1.74 bits per heavy atom. The lowest BCUT2D eigenvalue weighted by Gasteiger charge is -2.07. The summed E-state index contributed by atoms with van der Waals surface area (Å²) in [6.45, 7) is -0.349. The molecule has 0 fully saturated rings. The van der Waals surface area contributed by atoms with Crippen LogP contribution in [0.1, 0.15) is 11.1 Å². The van der Waals surface area contributed by atoms with Crippen LogP contribution in [0, 0.1) is 0 Å². The molecule has 1 aromatic heterocycles. The van der Waals surface area contributed by atoms with Crippen LogP contribution in [-0.4, -0.2) is 29.9 Å². The Hall–Kier alpha value is -3.02. The average molecular weight is 315 g/mol. The molecule has 2 aromatic rings. The van der Waals surface area contributed by atoms with Crippen molar-refractivity contribution in [3.05, 3.63) is 58.0 Å². The van der Waals surface area contributed by atoms with E-state index in [1.165, 1.54) is 12.3 Å². The third-order valence-corrected chi connectivity index (χ3v) is 3.20. The minimum atomic E-state index is -1.05. The Kier molecular flexibility index (Phi) is 5.19. The number of hydrogen-bond donors (Lipinski definition) is 1. The van der Waals surface area contributed by atoms with Gasteiger partial charge in [0.15, 0.2) is 11.5 Å². The number of carbonyl (C=O) groups is 1. The Balaban J connectivity index is 2.22. The number of rotatable bonds is 6. The summed E-state index contributed by atoms with van der Waals surface area (Å²) in [4.78, 5) is 22.4. The maximum atomic E-state index is 11.8. The number of aromatic nitrogens is 1. The molecule has 23 heavy (non-hydrogen) atoms. The zero-order valence-electron chi connectivity index (χ0n) is 12.9. The molecule has 0 saturated heterocycles. The topological polar surface area (TPSA) is 77.8 Å². The van der Waals surface area contributed by atoms with E-state index in [0.29, 0.717) is 17.1 Å². The van der Waals surface area contributed by atoms with E-state index in [-0.39, 0.29) is 12.1 Å². The van der Waals surface area contributed by atoms with Gasteiger partial charge in [0.05, 0.1) is 14.2 Å². The van der Waals surface area contributed by atoms with E-state index in [2.05, 4.69) is 0 Å². The van der Waals surface area contributed by atoms with Crippen molar-refractivity contribution in [2.24, 2.45) is 0 Å².